The van der Waals surface area contributed by atoms with E-state index in [0.717, 1.165) is 10.8 Å². The van der Waals surface area contributed by atoms with E-state index in [1.807, 2.05) is 54.2 Å². The lowest BCUT2D eigenvalue weighted by Gasteiger charge is -2.09. The van der Waals surface area contributed by atoms with Gasteiger partial charge in [-0.15, -0.1) is 0 Å². The van der Waals surface area contributed by atoms with Crippen molar-refractivity contribution >= 4 is 23.5 Å². The van der Waals surface area contributed by atoms with Crippen LogP contribution in [-0.4, -0.2) is 31.0 Å². The minimum absolute atomic E-state index is 0.190. The standard InChI is InChI=1S/C16H14N6OS/c1-21-8-7-18-16(21)24-11-14(23)20-15-12(9-17)10-19-22(15)13-5-3-2-4-6-13/h2-8,10H,11H2,1H3,(H,20,23). The molecule has 1 N–H and O–H groups in total. The molecule has 0 saturated carbocycles. The number of hydrogen-bond acceptors (Lipinski definition) is 5. The number of nitriles is 1. The van der Waals surface area contributed by atoms with Gasteiger partial charge in [-0.05, 0) is 12.1 Å². The first-order valence-electron chi connectivity index (χ1n) is 7.12. The molecule has 1 amide bonds. The lowest BCUT2D eigenvalue weighted by Crippen LogP contribution is -2.18. The minimum atomic E-state index is -0.225. The van der Waals surface area contributed by atoms with Gasteiger partial charge in [0.2, 0.25) is 5.91 Å². The second kappa shape index (κ2) is 7.02. The zero-order valence-electron chi connectivity index (χ0n) is 12.9. The summed E-state index contributed by atoms with van der Waals surface area (Å²) < 4.78 is 3.38. The van der Waals surface area contributed by atoms with Gasteiger partial charge in [0, 0.05) is 19.4 Å². The van der Waals surface area contributed by atoms with Crippen molar-refractivity contribution in [1.82, 2.24) is 19.3 Å². The van der Waals surface area contributed by atoms with Gasteiger partial charge >= 0.3 is 0 Å². The molecule has 0 saturated heterocycles. The number of thioether (sulfide) groups is 1. The zero-order valence-corrected chi connectivity index (χ0v) is 13.7. The van der Waals surface area contributed by atoms with Crippen LogP contribution in [0.5, 0.6) is 0 Å². The van der Waals surface area contributed by atoms with Crippen LogP contribution in [-0.2, 0) is 11.8 Å². The maximum Gasteiger partial charge on any atom is 0.236 e. The van der Waals surface area contributed by atoms with Crippen molar-refractivity contribution < 1.29 is 4.79 Å². The van der Waals surface area contributed by atoms with E-state index in [-0.39, 0.29) is 11.7 Å². The second-order valence-corrected chi connectivity index (χ2v) is 5.87. The number of rotatable bonds is 5. The number of imidazole rings is 1. The summed E-state index contributed by atoms with van der Waals surface area (Å²) in [5.41, 5.74) is 1.08. The SMILES string of the molecule is Cn1ccnc1SCC(=O)Nc1c(C#N)cnn1-c1ccccc1. The molecule has 24 heavy (non-hydrogen) atoms. The molecule has 0 fully saturated rings. The fraction of sp³-hybridized carbons (Fsp3) is 0.125. The minimum Gasteiger partial charge on any atom is -0.329 e. The number of benzene rings is 1. The summed E-state index contributed by atoms with van der Waals surface area (Å²) in [6.45, 7) is 0. The first-order chi connectivity index (χ1) is 11.7. The predicted octanol–water partition coefficient (Wildman–Crippen LogP) is 2.21. The van der Waals surface area contributed by atoms with Crippen LogP contribution in [0.1, 0.15) is 5.56 Å². The van der Waals surface area contributed by atoms with Crippen LogP contribution in [0.2, 0.25) is 0 Å². The molecule has 2 aromatic heterocycles. The van der Waals surface area contributed by atoms with Gasteiger partial charge in [0.25, 0.3) is 0 Å². The Morgan fingerprint density at radius 3 is 2.83 bits per heavy atom. The Morgan fingerprint density at radius 1 is 1.38 bits per heavy atom. The monoisotopic (exact) mass is 338 g/mol. The van der Waals surface area contributed by atoms with Gasteiger partial charge in [0.1, 0.15) is 11.6 Å². The maximum absolute atomic E-state index is 12.2. The van der Waals surface area contributed by atoms with Crippen LogP contribution in [0.25, 0.3) is 5.69 Å². The summed E-state index contributed by atoms with van der Waals surface area (Å²) in [6.07, 6.45) is 4.94. The molecule has 0 unspecified atom stereocenters. The Kier molecular flexibility index (Phi) is 4.63. The quantitative estimate of drug-likeness (QED) is 0.721. The van der Waals surface area contributed by atoms with Gasteiger partial charge < -0.3 is 9.88 Å². The van der Waals surface area contributed by atoms with Crippen molar-refractivity contribution in [2.24, 2.45) is 7.05 Å². The fourth-order valence-electron chi connectivity index (χ4n) is 2.10. The highest BCUT2D eigenvalue weighted by Crippen LogP contribution is 2.20. The van der Waals surface area contributed by atoms with Crippen LogP contribution in [0.15, 0.2) is 54.1 Å². The van der Waals surface area contributed by atoms with Crippen LogP contribution >= 0.6 is 11.8 Å². The molecule has 7 nitrogen and oxygen atoms in total. The highest BCUT2D eigenvalue weighted by molar-refractivity contribution is 7.99. The summed E-state index contributed by atoms with van der Waals surface area (Å²) in [6, 6.07) is 11.4. The molecular weight excluding hydrogens is 324 g/mol. The number of nitrogens with zero attached hydrogens (tertiary/aromatic N) is 5. The van der Waals surface area contributed by atoms with Crippen LogP contribution in [0.3, 0.4) is 0 Å². The predicted molar refractivity (Wildman–Crippen MR) is 90.8 cm³/mol. The molecule has 120 valence electrons. The summed E-state index contributed by atoms with van der Waals surface area (Å²) in [5, 5.41) is 16.9. The number of hydrogen-bond donors (Lipinski definition) is 1. The Morgan fingerprint density at radius 2 is 2.17 bits per heavy atom. The number of para-hydroxylation sites is 1. The van der Waals surface area contributed by atoms with E-state index in [4.69, 9.17) is 0 Å². The van der Waals surface area contributed by atoms with Gasteiger partial charge in [0.15, 0.2) is 11.0 Å². The van der Waals surface area contributed by atoms with Crippen molar-refractivity contribution in [2.75, 3.05) is 11.1 Å². The first-order valence-corrected chi connectivity index (χ1v) is 8.11. The normalized spacial score (nSPS) is 10.3. The van der Waals surface area contributed by atoms with E-state index in [0.29, 0.717) is 11.4 Å². The molecule has 2 heterocycles. The third-order valence-electron chi connectivity index (χ3n) is 3.26. The van der Waals surface area contributed by atoms with E-state index in [1.165, 1.54) is 18.0 Å². The van der Waals surface area contributed by atoms with E-state index in [1.54, 1.807) is 10.9 Å². The summed E-state index contributed by atoms with van der Waals surface area (Å²) in [5.74, 6) is 0.335. The van der Waals surface area contributed by atoms with E-state index < -0.39 is 0 Å². The lowest BCUT2D eigenvalue weighted by atomic mass is 10.3. The smallest absolute Gasteiger partial charge is 0.236 e. The van der Waals surface area contributed by atoms with Crippen molar-refractivity contribution in [2.45, 2.75) is 5.16 Å². The number of aryl methyl sites for hydroxylation is 1. The highest BCUT2D eigenvalue weighted by Gasteiger charge is 2.15. The number of aromatic nitrogens is 4. The molecule has 0 bridgehead atoms. The van der Waals surface area contributed by atoms with E-state index in [9.17, 15) is 10.1 Å². The molecule has 0 aliphatic carbocycles. The Labute approximate surface area is 142 Å². The van der Waals surface area contributed by atoms with Crippen LogP contribution in [0.4, 0.5) is 5.82 Å². The molecule has 0 spiro atoms. The number of amides is 1. The summed E-state index contributed by atoms with van der Waals surface area (Å²) >= 11 is 1.33. The summed E-state index contributed by atoms with van der Waals surface area (Å²) in [7, 11) is 1.87. The second-order valence-electron chi connectivity index (χ2n) is 4.92. The topological polar surface area (TPSA) is 88.5 Å². The van der Waals surface area contributed by atoms with Gasteiger partial charge in [-0.2, -0.15) is 10.4 Å². The molecule has 0 atom stereocenters. The zero-order chi connectivity index (χ0) is 16.9. The van der Waals surface area contributed by atoms with Gasteiger partial charge in [-0.1, -0.05) is 30.0 Å². The molecule has 0 radical (unpaired) electrons. The first kappa shape index (κ1) is 15.8. The van der Waals surface area contributed by atoms with Crippen LogP contribution < -0.4 is 5.32 Å². The number of carbonyl (C=O) groups excluding carboxylic acids is 1. The van der Waals surface area contributed by atoms with Crippen molar-refractivity contribution in [1.29, 1.82) is 5.26 Å². The van der Waals surface area contributed by atoms with Crippen molar-refractivity contribution in [3.05, 3.63) is 54.5 Å². The van der Waals surface area contributed by atoms with Gasteiger partial charge in [0.05, 0.1) is 17.6 Å². The average Bonchev–Trinajstić information content (AvgIpc) is 3.19. The molecule has 0 aliphatic heterocycles. The number of nitrogens with one attached hydrogen (secondary N) is 1. The summed E-state index contributed by atoms with van der Waals surface area (Å²) in [4.78, 5) is 16.4. The van der Waals surface area contributed by atoms with E-state index in [2.05, 4.69) is 15.4 Å². The molecule has 3 aromatic rings. The molecule has 1 aromatic carbocycles. The Hall–Kier alpha value is -3.05. The number of anilines is 1. The third kappa shape index (κ3) is 3.31. The van der Waals surface area contributed by atoms with Crippen molar-refractivity contribution in [3.63, 3.8) is 0 Å². The molecule has 8 heteroatoms. The Balaban J connectivity index is 1.77. The highest BCUT2D eigenvalue weighted by atomic mass is 32.2. The van der Waals surface area contributed by atoms with Gasteiger partial charge in [-0.25, -0.2) is 9.67 Å². The van der Waals surface area contributed by atoms with Crippen molar-refractivity contribution in [3.8, 4) is 11.8 Å². The molecular formula is C16H14N6OS. The molecule has 0 aliphatic rings. The van der Waals surface area contributed by atoms with E-state index >= 15 is 0 Å². The largest absolute Gasteiger partial charge is 0.329 e. The Bertz CT molecular complexity index is 893. The average molecular weight is 338 g/mol. The lowest BCUT2D eigenvalue weighted by molar-refractivity contribution is -0.113. The van der Waals surface area contributed by atoms with Crippen LogP contribution in [0, 0.1) is 11.3 Å². The maximum atomic E-state index is 12.2. The number of carbonyl (C=O) groups is 1. The molecule has 3 rings (SSSR count). The van der Waals surface area contributed by atoms with Gasteiger partial charge in [-0.3, -0.25) is 4.79 Å². The third-order valence-corrected chi connectivity index (χ3v) is 4.32. The fourth-order valence-corrected chi connectivity index (χ4v) is 2.84.